The highest BCUT2D eigenvalue weighted by Crippen LogP contribution is 2.33. The summed E-state index contributed by atoms with van der Waals surface area (Å²) >= 11 is 1.61. The second kappa shape index (κ2) is 9.83. The lowest BCUT2D eigenvalue weighted by atomic mass is 10.0. The number of thioether (sulfide) groups is 1. The van der Waals surface area contributed by atoms with Crippen molar-refractivity contribution in [2.24, 2.45) is 7.05 Å². The van der Waals surface area contributed by atoms with Crippen LogP contribution in [-0.4, -0.2) is 43.2 Å². The summed E-state index contributed by atoms with van der Waals surface area (Å²) in [6.45, 7) is 1.68. The number of Topliss-reactive ketones (excluding diaryl/α,β-unsaturated/α-hetero) is 1. The average Bonchev–Trinajstić information content (AvgIpc) is 3.21. The molecule has 0 radical (unpaired) electrons. The first-order chi connectivity index (χ1) is 15.9. The summed E-state index contributed by atoms with van der Waals surface area (Å²) in [4.78, 5) is 27.9. The summed E-state index contributed by atoms with van der Waals surface area (Å²) in [5.74, 6) is -0.676. The molecule has 168 valence electrons. The van der Waals surface area contributed by atoms with Crippen LogP contribution in [0.15, 0.2) is 66.2 Å². The molecular formula is C24H22N4O4S. The molecule has 9 heteroatoms. The Morgan fingerprint density at radius 3 is 2.76 bits per heavy atom. The van der Waals surface area contributed by atoms with Gasteiger partial charge in [-0.3, -0.25) is 9.78 Å². The van der Waals surface area contributed by atoms with Crippen LogP contribution < -0.4 is 4.74 Å². The standard InChI is InChI=1S/C24H22N4O4S/c1-15(33-24-27-26-14-28(24)2)17-5-3-4-16(8-17)9-22(29)21-11-18-6-7-20(32-13-23(30)31)10-19(18)12-25-21/h3-8,10-12,14-15H,9,13H2,1-2H3,(H,30,31)/t15-/m0/s1. The minimum atomic E-state index is -1.04. The molecule has 0 amide bonds. The molecule has 4 aromatic rings. The monoisotopic (exact) mass is 462 g/mol. The normalized spacial score (nSPS) is 11.9. The van der Waals surface area contributed by atoms with Crippen molar-refractivity contribution in [3.8, 4) is 5.75 Å². The minimum Gasteiger partial charge on any atom is -0.482 e. The number of aromatic nitrogens is 4. The van der Waals surface area contributed by atoms with Crippen LogP contribution in [-0.2, 0) is 18.3 Å². The zero-order valence-corrected chi connectivity index (χ0v) is 19.0. The van der Waals surface area contributed by atoms with Gasteiger partial charge >= 0.3 is 5.97 Å². The van der Waals surface area contributed by atoms with E-state index in [1.807, 2.05) is 35.9 Å². The summed E-state index contributed by atoms with van der Waals surface area (Å²) in [6.07, 6.45) is 3.52. The molecule has 2 aromatic carbocycles. The van der Waals surface area contributed by atoms with E-state index in [1.54, 1.807) is 48.6 Å². The van der Waals surface area contributed by atoms with Crippen molar-refractivity contribution in [1.82, 2.24) is 19.7 Å². The van der Waals surface area contributed by atoms with Gasteiger partial charge in [-0.2, -0.15) is 0 Å². The molecule has 1 N–H and O–H groups in total. The number of pyridine rings is 1. The van der Waals surface area contributed by atoms with E-state index < -0.39 is 12.6 Å². The molecule has 0 saturated carbocycles. The van der Waals surface area contributed by atoms with Crippen LogP contribution in [0.1, 0.15) is 33.8 Å². The van der Waals surface area contributed by atoms with Gasteiger partial charge in [0.05, 0.1) is 0 Å². The summed E-state index contributed by atoms with van der Waals surface area (Å²) in [6, 6.07) is 14.9. The van der Waals surface area contributed by atoms with Crippen LogP contribution in [0, 0.1) is 0 Å². The lowest BCUT2D eigenvalue weighted by Crippen LogP contribution is -2.09. The number of carboxylic acid groups (broad SMARTS) is 1. The topological polar surface area (TPSA) is 107 Å². The van der Waals surface area contributed by atoms with E-state index in [4.69, 9.17) is 9.84 Å². The number of ketones is 1. The van der Waals surface area contributed by atoms with E-state index in [0.717, 1.165) is 27.1 Å². The van der Waals surface area contributed by atoms with Crippen molar-refractivity contribution in [1.29, 1.82) is 0 Å². The highest BCUT2D eigenvalue weighted by Gasteiger charge is 2.14. The molecule has 0 saturated heterocycles. The maximum absolute atomic E-state index is 12.9. The van der Waals surface area contributed by atoms with Crippen LogP contribution in [0.25, 0.3) is 10.8 Å². The van der Waals surface area contributed by atoms with Gasteiger partial charge in [0.1, 0.15) is 17.8 Å². The molecule has 0 aliphatic rings. The number of hydrogen-bond acceptors (Lipinski definition) is 7. The van der Waals surface area contributed by atoms with Crippen molar-refractivity contribution in [3.63, 3.8) is 0 Å². The van der Waals surface area contributed by atoms with Crippen LogP contribution in [0.3, 0.4) is 0 Å². The Morgan fingerprint density at radius 2 is 2.00 bits per heavy atom. The Bertz CT molecular complexity index is 1320. The number of aliphatic carboxylic acids is 1. The molecule has 0 fully saturated rings. The van der Waals surface area contributed by atoms with E-state index in [2.05, 4.69) is 22.1 Å². The lowest BCUT2D eigenvalue weighted by Gasteiger charge is -2.12. The molecule has 1 atom stereocenters. The van der Waals surface area contributed by atoms with Gasteiger partial charge in [-0.25, -0.2) is 4.79 Å². The number of carbonyl (C=O) groups excluding carboxylic acids is 1. The summed E-state index contributed by atoms with van der Waals surface area (Å²) in [7, 11) is 1.91. The predicted molar refractivity (Wildman–Crippen MR) is 125 cm³/mol. The number of rotatable bonds is 9. The number of ether oxygens (including phenoxy) is 1. The van der Waals surface area contributed by atoms with Crippen molar-refractivity contribution in [2.45, 2.75) is 23.8 Å². The van der Waals surface area contributed by atoms with Crippen molar-refractivity contribution >= 4 is 34.3 Å². The summed E-state index contributed by atoms with van der Waals surface area (Å²) in [5, 5.41) is 19.4. The number of fused-ring (bicyclic) bond motifs is 1. The van der Waals surface area contributed by atoms with Gasteiger partial charge in [-0.1, -0.05) is 42.1 Å². The zero-order valence-electron chi connectivity index (χ0n) is 18.1. The molecule has 0 spiro atoms. The quantitative estimate of drug-likeness (QED) is 0.293. The van der Waals surface area contributed by atoms with Gasteiger partial charge in [-0.15, -0.1) is 10.2 Å². The van der Waals surface area contributed by atoms with Gasteiger partial charge in [0.2, 0.25) is 0 Å². The van der Waals surface area contributed by atoms with Crippen molar-refractivity contribution < 1.29 is 19.4 Å². The number of carboxylic acids is 1. The molecule has 0 aliphatic carbocycles. The maximum Gasteiger partial charge on any atom is 0.341 e. The Kier molecular flexibility index (Phi) is 6.69. The third kappa shape index (κ3) is 5.56. The molecule has 2 aromatic heterocycles. The second-order valence-electron chi connectivity index (χ2n) is 7.59. The molecule has 8 nitrogen and oxygen atoms in total. The van der Waals surface area contributed by atoms with Crippen LogP contribution in [0.2, 0.25) is 0 Å². The number of carbonyl (C=O) groups is 2. The predicted octanol–water partition coefficient (Wildman–Crippen LogP) is 4.11. The third-order valence-electron chi connectivity index (χ3n) is 5.08. The lowest BCUT2D eigenvalue weighted by molar-refractivity contribution is -0.139. The fourth-order valence-electron chi connectivity index (χ4n) is 3.34. The molecular weight excluding hydrogens is 440 g/mol. The molecule has 4 rings (SSSR count). The average molecular weight is 463 g/mol. The highest BCUT2D eigenvalue weighted by molar-refractivity contribution is 7.99. The highest BCUT2D eigenvalue weighted by atomic mass is 32.2. The molecule has 0 unspecified atom stereocenters. The van der Waals surface area contributed by atoms with Gasteiger partial charge in [0.15, 0.2) is 17.5 Å². The van der Waals surface area contributed by atoms with Gasteiger partial charge in [0, 0.05) is 30.3 Å². The smallest absolute Gasteiger partial charge is 0.341 e. The Morgan fingerprint density at radius 1 is 1.15 bits per heavy atom. The SMILES string of the molecule is C[C@H](Sc1nncn1C)c1cccc(CC(=O)c2cc3ccc(OCC(=O)O)cc3cn2)c1. The fraction of sp³-hybridized carbons (Fsp3) is 0.208. The van der Waals surface area contributed by atoms with Crippen molar-refractivity contribution in [3.05, 3.63) is 77.9 Å². The van der Waals surface area contributed by atoms with Gasteiger partial charge < -0.3 is 14.4 Å². The van der Waals surface area contributed by atoms with E-state index in [0.29, 0.717) is 11.4 Å². The van der Waals surface area contributed by atoms with E-state index in [1.165, 1.54) is 0 Å². The Hall–Kier alpha value is -3.72. The zero-order chi connectivity index (χ0) is 23.4. The van der Waals surface area contributed by atoms with Gasteiger partial charge in [-0.05, 0) is 41.6 Å². The first-order valence-electron chi connectivity index (χ1n) is 10.3. The number of aryl methyl sites for hydroxylation is 1. The van der Waals surface area contributed by atoms with Crippen LogP contribution in [0.5, 0.6) is 5.75 Å². The molecule has 2 heterocycles. The number of nitrogens with zero attached hydrogens (tertiary/aromatic N) is 4. The van der Waals surface area contributed by atoms with Crippen molar-refractivity contribution in [2.75, 3.05) is 6.61 Å². The minimum absolute atomic E-state index is 0.0751. The van der Waals surface area contributed by atoms with Crippen LogP contribution in [0.4, 0.5) is 0 Å². The summed E-state index contributed by atoms with van der Waals surface area (Å²) in [5.41, 5.74) is 2.41. The van der Waals surface area contributed by atoms with Gasteiger partial charge in [0.25, 0.3) is 0 Å². The first kappa shape index (κ1) is 22.5. The number of hydrogen-bond donors (Lipinski definition) is 1. The largest absolute Gasteiger partial charge is 0.482 e. The Balaban J connectivity index is 1.46. The first-order valence-corrected chi connectivity index (χ1v) is 11.1. The van der Waals surface area contributed by atoms with E-state index in [9.17, 15) is 9.59 Å². The Labute approximate surface area is 194 Å². The maximum atomic E-state index is 12.9. The number of benzene rings is 2. The fourth-order valence-corrected chi connectivity index (χ4v) is 4.25. The second-order valence-corrected chi connectivity index (χ2v) is 8.90. The van der Waals surface area contributed by atoms with E-state index in [-0.39, 0.29) is 17.5 Å². The summed E-state index contributed by atoms with van der Waals surface area (Å²) < 4.78 is 7.07. The third-order valence-corrected chi connectivity index (χ3v) is 6.28. The molecule has 33 heavy (non-hydrogen) atoms. The van der Waals surface area contributed by atoms with Crippen LogP contribution >= 0.6 is 11.8 Å². The van der Waals surface area contributed by atoms with E-state index >= 15 is 0 Å². The molecule has 0 aliphatic heterocycles. The molecule has 0 bridgehead atoms.